The molecular formula is C108H132N18O6. The number of hydrogen-bond acceptors (Lipinski definition) is 12. The Hall–Kier alpha value is -14.1. The number of nitrogens with one attached hydrogen (secondary N) is 6. The Balaban J connectivity index is 0.000000203. The van der Waals surface area contributed by atoms with Crippen LogP contribution in [0.3, 0.4) is 0 Å². The van der Waals surface area contributed by atoms with Crippen molar-refractivity contribution < 1.29 is 28.8 Å². The van der Waals surface area contributed by atoms with E-state index in [9.17, 15) is 28.8 Å². The third-order valence-corrected chi connectivity index (χ3v) is 24.2. The van der Waals surface area contributed by atoms with Crippen LogP contribution in [0.2, 0.25) is 0 Å². The Morgan fingerprint density at radius 1 is 0.303 bits per heavy atom. The second kappa shape index (κ2) is 51.4. The van der Waals surface area contributed by atoms with Gasteiger partial charge in [-0.25, -0.2) is 0 Å². The highest BCUT2D eigenvalue weighted by Crippen LogP contribution is 2.32. The summed E-state index contributed by atoms with van der Waals surface area (Å²) in [5.74, 6) is 0.0551. The van der Waals surface area contributed by atoms with Crippen molar-refractivity contribution >= 4 is 85.6 Å². The van der Waals surface area contributed by atoms with Crippen LogP contribution in [0.4, 0.5) is 0 Å². The maximum atomic E-state index is 14.0. The Bertz CT molecular complexity index is 5050. The number of carbonyl (C=O) groups excluding carboxylic acids is 6. The number of amides is 6. The predicted octanol–water partition coefficient (Wildman–Crippen LogP) is 14.0. The summed E-state index contributed by atoms with van der Waals surface area (Å²) in [6, 6.07) is 102. The molecule has 0 radical (unpaired) electrons. The van der Waals surface area contributed by atoms with Crippen LogP contribution in [0.1, 0.15) is 162 Å². The van der Waals surface area contributed by atoms with Crippen molar-refractivity contribution in [1.82, 2.24) is 46.6 Å². The minimum atomic E-state index is -0.411. The lowest BCUT2D eigenvalue weighted by molar-refractivity contribution is -0.133. The van der Waals surface area contributed by atoms with E-state index in [1.807, 2.05) is 251 Å². The molecule has 15 rings (SSSR count). The molecule has 690 valence electrons. The van der Waals surface area contributed by atoms with Crippen molar-refractivity contribution in [3.63, 3.8) is 0 Å². The largest absolute Gasteiger partial charge is 0.370 e. The van der Waals surface area contributed by atoms with Gasteiger partial charge in [0.15, 0.2) is 17.9 Å². The average molecular weight is 1780 g/mol. The van der Waals surface area contributed by atoms with Crippen LogP contribution in [-0.4, -0.2) is 183 Å². The normalized spacial score (nSPS) is 16.7. The molecule has 3 heterocycles. The maximum Gasteiger partial charge on any atom is 0.251 e. The minimum Gasteiger partial charge on any atom is -0.370 e. The maximum absolute atomic E-state index is 14.0. The van der Waals surface area contributed by atoms with Gasteiger partial charge >= 0.3 is 0 Å². The van der Waals surface area contributed by atoms with Crippen molar-refractivity contribution in [1.29, 1.82) is 0 Å². The first-order valence-corrected chi connectivity index (χ1v) is 44.8. The van der Waals surface area contributed by atoms with E-state index in [-0.39, 0.29) is 111 Å². The number of benzene rings is 12. The topological polar surface area (TPSA) is 378 Å². The van der Waals surface area contributed by atoms with Crippen LogP contribution in [-0.2, 0) is 14.4 Å². The van der Waals surface area contributed by atoms with Gasteiger partial charge in [0.1, 0.15) is 0 Å². The predicted molar refractivity (Wildman–Crippen MR) is 539 cm³/mol. The van der Waals surface area contributed by atoms with Crippen LogP contribution in [0.5, 0.6) is 0 Å². The Morgan fingerprint density at radius 2 is 0.515 bits per heavy atom. The van der Waals surface area contributed by atoms with Crippen molar-refractivity contribution in [2.45, 2.75) is 134 Å². The molecule has 3 aliphatic heterocycles. The van der Waals surface area contributed by atoms with E-state index in [0.717, 1.165) is 32.3 Å². The summed E-state index contributed by atoms with van der Waals surface area (Å²) in [6.07, 6.45) is 5.87. The van der Waals surface area contributed by atoms with E-state index in [1.54, 1.807) is 0 Å². The molecule has 3 aliphatic rings. The summed E-state index contributed by atoms with van der Waals surface area (Å²) < 4.78 is 0. The number of nitrogens with two attached hydrogens (primary N) is 6. The molecule has 18 N–H and O–H groups in total. The number of rotatable bonds is 33. The van der Waals surface area contributed by atoms with E-state index in [4.69, 9.17) is 34.4 Å². The van der Waals surface area contributed by atoms with Gasteiger partial charge in [0, 0.05) is 131 Å². The summed E-state index contributed by atoms with van der Waals surface area (Å²) in [5, 5.41) is 26.3. The van der Waals surface area contributed by atoms with Crippen LogP contribution >= 0.6 is 0 Å². The highest BCUT2D eigenvalue weighted by atomic mass is 16.2. The standard InChI is InChI=1S/3C35H40N6O2.3CH4/c3*36-35(37)38-20-9-16-32-34(43)41(24-31(26-11-3-1-4-12-26)27-13-5-2-6-14-27)21-19-30(40-32)23-39-33(42)29-18-17-25-10-7-8-15-28(25)22-29;;;/h3*1-8,10-15,17-18,22,30-32,40H,9,16,19-21,23-24H2,(H,39,42)(H4,36,37,38);3*1H4/t2*30-,32+;30-,32-;;;/m101.../s1. The fraction of sp³-hybridized carbons (Fsp3) is 0.306. The van der Waals surface area contributed by atoms with Gasteiger partial charge in [-0.3, -0.25) is 43.7 Å². The van der Waals surface area contributed by atoms with Gasteiger partial charge in [-0.2, -0.15) is 0 Å². The molecular weight excluding hydrogens is 1650 g/mol. The van der Waals surface area contributed by atoms with Gasteiger partial charge in [0.25, 0.3) is 17.7 Å². The van der Waals surface area contributed by atoms with Crippen molar-refractivity contribution in [3.8, 4) is 0 Å². The first-order chi connectivity index (χ1) is 62.9. The summed E-state index contributed by atoms with van der Waals surface area (Å²) in [5.41, 5.74) is 42.0. The first-order valence-electron chi connectivity index (χ1n) is 44.8. The fourth-order valence-corrected chi connectivity index (χ4v) is 17.3. The molecule has 3 fully saturated rings. The lowest BCUT2D eigenvalue weighted by Crippen LogP contribution is -2.49. The zero-order chi connectivity index (χ0) is 90.1. The lowest BCUT2D eigenvalue weighted by atomic mass is 9.90. The number of hydrogen-bond donors (Lipinski definition) is 12. The van der Waals surface area contributed by atoms with Gasteiger partial charge in [0.05, 0.1) is 18.1 Å². The molecule has 0 unspecified atom stereocenters. The van der Waals surface area contributed by atoms with Gasteiger partial charge < -0.3 is 81.0 Å². The summed E-state index contributed by atoms with van der Waals surface area (Å²) in [6.45, 7) is 6.05. The molecule has 6 atom stereocenters. The number of fused-ring (bicyclic) bond motifs is 3. The molecule has 132 heavy (non-hydrogen) atoms. The van der Waals surface area contributed by atoms with Crippen molar-refractivity contribution in [2.75, 3.05) is 78.5 Å². The van der Waals surface area contributed by atoms with E-state index < -0.39 is 18.1 Å². The molecule has 0 bridgehead atoms. The molecule has 12 aromatic rings. The van der Waals surface area contributed by atoms with E-state index >= 15 is 0 Å². The molecule has 0 aromatic heterocycles. The van der Waals surface area contributed by atoms with E-state index in [1.165, 1.54) is 33.4 Å². The molecule has 3 saturated heterocycles. The molecule has 24 nitrogen and oxygen atoms in total. The molecule has 0 aliphatic carbocycles. The molecule has 24 heteroatoms. The van der Waals surface area contributed by atoms with Gasteiger partial charge in [-0.05, 0) is 160 Å². The fourth-order valence-electron chi connectivity index (χ4n) is 17.3. The number of nitrogens with zero attached hydrogens (tertiary/aromatic N) is 6. The minimum absolute atomic E-state index is 0. The van der Waals surface area contributed by atoms with Gasteiger partial charge in [-0.15, -0.1) is 0 Å². The smallest absolute Gasteiger partial charge is 0.251 e. The Morgan fingerprint density at radius 3 is 0.735 bits per heavy atom. The van der Waals surface area contributed by atoms with Crippen LogP contribution in [0, 0.1) is 0 Å². The molecule has 0 saturated carbocycles. The Labute approximate surface area is 778 Å². The summed E-state index contributed by atoms with van der Waals surface area (Å²) in [4.78, 5) is 99.5. The molecule has 12 aromatic carbocycles. The molecule has 6 amide bonds. The monoisotopic (exact) mass is 1780 g/mol. The van der Waals surface area contributed by atoms with E-state index in [2.05, 4.69) is 120 Å². The SMILES string of the molecule is C.C.C.NC(N)=NCCC[C@@H]1N[C@@H](CNC(=O)c2ccc3ccccc3c2)CCN(CC(c2ccccc2)c2ccccc2)C1=O.NC(N)=NCCC[C@H]1N[C@@H](CNC(=O)c2ccc3ccccc3c2)CCN(CC(c2ccccc2)c2ccccc2)C1=O.NC(N)=NCCC[C@H]1N[C@H](CNC(=O)c2ccc3ccccc3c2)CCN(CC(c2ccccc2)c2ccccc2)C1=O. The summed E-state index contributed by atoms with van der Waals surface area (Å²) >= 11 is 0. The number of aliphatic imine (C=N–C) groups is 3. The highest BCUT2D eigenvalue weighted by molar-refractivity contribution is 6.01. The van der Waals surface area contributed by atoms with Gasteiger partial charge in [0.2, 0.25) is 17.7 Å². The highest BCUT2D eigenvalue weighted by Gasteiger charge is 2.37. The average Bonchev–Trinajstić information content (AvgIpc) is 1.68. The van der Waals surface area contributed by atoms with Crippen molar-refractivity contribution in [3.05, 3.63) is 359 Å². The first kappa shape index (κ1) is 100. The third-order valence-electron chi connectivity index (χ3n) is 24.2. The van der Waals surface area contributed by atoms with Gasteiger partial charge in [-0.1, -0.05) is 295 Å². The number of carbonyl (C=O) groups is 6. The summed E-state index contributed by atoms with van der Waals surface area (Å²) in [7, 11) is 0. The zero-order valence-corrected chi connectivity index (χ0v) is 73.1. The van der Waals surface area contributed by atoms with Crippen molar-refractivity contribution in [2.24, 2.45) is 49.4 Å². The Kier molecular flexibility index (Phi) is 38.9. The quantitative estimate of drug-likeness (QED) is 0.0103. The lowest BCUT2D eigenvalue weighted by Gasteiger charge is -2.29. The van der Waals surface area contributed by atoms with Crippen LogP contribution in [0.15, 0.2) is 324 Å². The third kappa shape index (κ3) is 29.2. The van der Waals surface area contributed by atoms with Crippen LogP contribution in [0.25, 0.3) is 32.3 Å². The second-order valence-corrected chi connectivity index (χ2v) is 33.3. The van der Waals surface area contributed by atoms with E-state index in [0.29, 0.717) is 153 Å². The van der Waals surface area contributed by atoms with Crippen LogP contribution < -0.4 is 66.3 Å². The molecule has 0 spiro atoms. The second-order valence-electron chi connectivity index (χ2n) is 33.3. The number of guanidine groups is 3. The zero-order valence-electron chi connectivity index (χ0n) is 73.1.